The Labute approximate surface area is 97.5 Å². The molecule has 16 heavy (non-hydrogen) atoms. The maximum absolute atomic E-state index is 11.9. The first-order valence-electron chi connectivity index (χ1n) is 6.12. The third-order valence-electron chi connectivity index (χ3n) is 4.28. The number of methoxy groups -OCH3 is 1. The van der Waals surface area contributed by atoms with E-state index in [0.29, 0.717) is 19.3 Å². The zero-order valence-electron chi connectivity index (χ0n) is 10.8. The lowest BCUT2D eigenvalue weighted by atomic mass is 9.49. The summed E-state index contributed by atoms with van der Waals surface area (Å²) in [5, 5.41) is 0. The monoisotopic (exact) mass is 226 g/mol. The molecule has 0 aromatic heterocycles. The van der Waals surface area contributed by atoms with Crippen LogP contribution in [-0.2, 0) is 14.3 Å². The first-order chi connectivity index (χ1) is 7.50. The highest BCUT2D eigenvalue weighted by Gasteiger charge is 2.61. The average molecular weight is 226 g/mol. The van der Waals surface area contributed by atoms with Crippen molar-refractivity contribution in [3.8, 4) is 0 Å². The Morgan fingerprint density at radius 2 is 1.62 bits per heavy atom. The predicted octanol–water partition coefficient (Wildman–Crippen LogP) is 2.73. The van der Waals surface area contributed by atoms with Gasteiger partial charge in [-0.15, -0.1) is 0 Å². The van der Waals surface area contributed by atoms with Gasteiger partial charge in [-0.3, -0.25) is 9.59 Å². The fourth-order valence-corrected chi connectivity index (χ4v) is 2.97. The molecule has 92 valence electrons. The molecule has 0 aromatic carbocycles. The van der Waals surface area contributed by atoms with E-state index in [1.165, 1.54) is 7.11 Å². The molecule has 0 N–H and O–H groups in total. The van der Waals surface area contributed by atoms with Crippen molar-refractivity contribution in [1.29, 1.82) is 0 Å². The van der Waals surface area contributed by atoms with Crippen LogP contribution in [0, 0.1) is 10.8 Å². The van der Waals surface area contributed by atoms with Crippen LogP contribution >= 0.6 is 0 Å². The summed E-state index contributed by atoms with van der Waals surface area (Å²) < 4.78 is 4.80. The van der Waals surface area contributed by atoms with E-state index in [0.717, 1.165) is 12.8 Å². The van der Waals surface area contributed by atoms with Crippen molar-refractivity contribution >= 4 is 11.8 Å². The molecular weight excluding hydrogens is 204 g/mol. The fraction of sp³-hybridized carbons (Fsp3) is 0.846. The molecule has 1 rings (SSSR count). The van der Waals surface area contributed by atoms with Crippen LogP contribution in [-0.4, -0.2) is 18.9 Å². The topological polar surface area (TPSA) is 43.4 Å². The van der Waals surface area contributed by atoms with Gasteiger partial charge in [0, 0.05) is 6.42 Å². The lowest BCUT2D eigenvalue weighted by Crippen LogP contribution is -2.55. The van der Waals surface area contributed by atoms with Crippen molar-refractivity contribution in [2.75, 3.05) is 7.11 Å². The summed E-state index contributed by atoms with van der Waals surface area (Å²) in [5.41, 5.74) is -0.644. The van der Waals surface area contributed by atoms with Crippen LogP contribution in [0.25, 0.3) is 0 Å². The van der Waals surface area contributed by atoms with Crippen molar-refractivity contribution in [1.82, 2.24) is 0 Å². The number of hydrogen-bond acceptors (Lipinski definition) is 3. The number of carbonyl (C=O) groups is 2. The van der Waals surface area contributed by atoms with Crippen LogP contribution in [0.1, 0.15) is 52.9 Å². The molecule has 0 spiro atoms. The van der Waals surface area contributed by atoms with E-state index in [4.69, 9.17) is 4.74 Å². The largest absolute Gasteiger partial charge is 0.468 e. The Kier molecular flexibility index (Phi) is 3.76. The van der Waals surface area contributed by atoms with Crippen molar-refractivity contribution < 1.29 is 14.3 Å². The summed E-state index contributed by atoms with van der Waals surface area (Å²) in [5.74, 6) is -0.297. The number of hydrogen-bond donors (Lipinski definition) is 0. The van der Waals surface area contributed by atoms with Crippen LogP contribution in [0.15, 0.2) is 0 Å². The molecule has 0 amide bonds. The summed E-state index contributed by atoms with van der Waals surface area (Å²) in [6.45, 7) is 6.06. The maximum atomic E-state index is 11.9. The van der Waals surface area contributed by atoms with Gasteiger partial charge in [0.2, 0.25) is 0 Å². The molecular formula is C13H22O3. The van der Waals surface area contributed by atoms with Gasteiger partial charge in [-0.1, -0.05) is 33.6 Å². The Morgan fingerprint density at radius 1 is 1.12 bits per heavy atom. The lowest BCUT2D eigenvalue weighted by molar-refractivity contribution is -0.176. The van der Waals surface area contributed by atoms with Gasteiger partial charge in [0.05, 0.1) is 7.11 Å². The van der Waals surface area contributed by atoms with Crippen LogP contribution in [0.5, 0.6) is 0 Å². The summed E-state index contributed by atoms with van der Waals surface area (Å²) in [7, 11) is 1.37. The van der Waals surface area contributed by atoms with Crippen molar-refractivity contribution in [3.63, 3.8) is 0 Å². The molecule has 1 fully saturated rings. The molecule has 0 unspecified atom stereocenters. The van der Waals surface area contributed by atoms with Gasteiger partial charge in [-0.2, -0.15) is 0 Å². The van der Waals surface area contributed by atoms with Crippen LogP contribution < -0.4 is 0 Å². The molecule has 3 heteroatoms. The highest BCUT2D eigenvalue weighted by atomic mass is 16.5. The maximum Gasteiger partial charge on any atom is 0.319 e. The molecule has 1 aliphatic carbocycles. The molecule has 0 saturated heterocycles. The van der Waals surface area contributed by atoms with E-state index in [9.17, 15) is 9.59 Å². The Hall–Kier alpha value is -0.860. The van der Waals surface area contributed by atoms with Gasteiger partial charge in [0.1, 0.15) is 11.2 Å². The number of esters is 1. The number of ether oxygens (including phenoxy) is 1. The minimum Gasteiger partial charge on any atom is -0.468 e. The van der Waals surface area contributed by atoms with Crippen LogP contribution in [0.3, 0.4) is 0 Å². The first-order valence-corrected chi connectivity index (χ1v) is 6.12. The molecule has 0 radical (unpaired) electrons. The fourth-order valence-electron chi connectivity index (χ4n) is 2.97. The summed E-state index contributed by atoms with van der Waals surface area (Å²) in [6.07, 6.45) is 3.82. The lowest BCUT2D eigenvalue weighted by Gasteiger charge is -2.53. The zero-order chi connectivity index (χ0) is 12.4. The van der Waals surface area contributed by atoms with Gasteiger partial charge in [0.25, 0.3) is 0 Å². The molecule has 1 aliphatic rings. The summed E-state index contributed by atoms with van der Waals surface area (Å²) >= 11 is 0. The number of rotatable bonds is 5. The van der Waals surface area contributed by atoms with E-state index < -0.39 is 5.41 Å². The second-order valence-corrected chi connectivity index (χ2v) is 4.91. The van der Waals surface area contributed by atoms with Gasteiger partial charge in [0.15, 0.2) is 0 Å². The van der Waals surface area contributed by atoms with Crippen LogP contribution in [0.4, 0.5) is 0 Å². The van der Waals surface area contributed by atoms with Crippen molar-refractivity contribution in [3.05, 3.63) is 0 Å². The van der Waals surface area contributed by atoms with E-state index in [1.807, 2.05) is 6.92 Å². The summed E-state index contributed by atoms with van der Waals surface area (Å²) in [4.78, 5) is 23.7. The van der Waals surface area contributed by atoms with Crippen LogP contribution in [0.2, 0.25) is 0 Å². The van der Waals surface area contributed by atoms with Crippen molar-refractivity contribution in [2.24, 2.45) is 10.8 Å². The zero-order valence-corrected chi connectivity index (χ0v) is 10.8. The molecule has 0 heterocycles. The molecule has 0 aromatic rings. The Morgan fingerprint density at radius 3 is 1.94 bits per heavy atom. The van der Waals surface area contributed by atoms with E-state index >= 15 is 0 Å². The van der Waals surface area contributed by atoms with Gasteiger partial charge < -0.3 is 4.74 Å². The SMILES string of the molecule is CCC(=O)C1(C(=O)OC)CC(CC)(CC)C1. The number of carbonyl (C=O) groups excluding carboxylic acids is 2. The minimum atomic E-state index is -0.824. The second kappa shape index (κ2) is 4.56. The van der Waals surface area contributed by atoms with E-state index in [1.54, 1.807) is 0 Å². The number of ketones is 1. The first kappa shape index (κ1) is 13.2. The van der Waals surface area contributed by atoms with Gasteiger partial charge in [-0.05, 0) is 18.3 Å². The highest BCUT2D eigenvalue weighted by molar-refractivity contribution is 6.04. The Bertz CT molecular complexity index is 264. The summed E-state index contributed by atoms with van der Waals surface area (Å²) in [6, 6.07) is 0. The molecule has 1 saturated carbocycles. The number of Topliss-reactive ketones (excluding diaryl/α,β-unsaturated/α-hetero) is 1. The highest BCUT2D eigenvalue weighted by Crippen LogP contribution is 2.59. The van der Waals surface area contributed by atoms with E-state index in [2.05, 4.69) is 13.8 Å². The average Bonchev–Trinajstić information content (AvgIpc) is 2.28. The normalized spacial score (nSPS) is 21.0. The molecule has 0 aliphatic heterocycles. The predicted molar refractivity (Wildman–Crippen MR) is 62.0 cm³/mol. The van der Waals surface area contributed by atoms with E-state index in [-0.39, 0.29) is 17.2 Å². The molecule has 0 atom stereocenters. The molecule has 0 bridgehead atoms. The second-order valence-electron chi connectivity index (χ2n) is 4.91. The molecule has 3 nitrogen and oxygen atoms in total. The van der Waals surface area contributed by atoms with Gasteiger partial charge >= 0.3 is 5.97 Å². The minimum absolute atomic E-state index is 0.0388. The van der Waals surface area contributed by atoms with Gasteiger partial charge in [-0.25, -0.2) is 0 Å². The quantitative estimate of drug-likeness (QED) is 0.534. The third kappa shape index (κ3) is 1.76. The van der Waals surface area contributed by atoms with Crippen molar-refractivity contribution in [2.45, 2.75) is 52.9 Å². The standard InChI is InChI=1S/C13H22O3/c1-5-10(14)13(11(15)16-4)8-12(6-2,7-3)9-13/h5-9H2,1-4H3. The smallest absolute Gasteiger partial charge is 0.319 e. The third-order valence-corrected chi connectivity index (χ3v) is 4.28. The Balaban J connectivity index is 2.89.